The summed E-state index contributed by atoms with van der Waals surface area (Å²) in [5.41, 5.74) is 0.763. The second kappa shape index (κ2) is 2.53. The van der Waals surface area contributed by atoms with Gasteiger partial charge >= 0.3 is 0 Å². The molecule has 2 rings (SSSR count). The third-order valence-electron chi connectivity index (χ3n) is 1.19. The van der Waals surface area contributed by atoms with Gasteiger partial charge in [-0.3, -0.25) is 0 Å². The number of rotatable bonds is 0. The molecule has 56 valence electrons. The van der Waals surface area contributed by atoms with Crippen molar-refractivity contribution in [2.45, 2.75) is 0 Å². The van der Waals surface area contributed by atoms with E-state index >= 15 is 0 Å². The average Bonchev–Trinajstić information content (AvgIpc) is 2.31. The van der Waals surface area contributed by atoms with E-state index in [1.54, 1.807) is 16.8 Å². The van der Waals surface area contributed by atoms with Gasteiger partial charge in [0.15, 0.2) is 10.4 Å². The van der Waals surface area contributed by atoms with Gasteiger partial charge in [-0.1, -0.05) is 0 Å². The van der Waals surface area contributed by atoms with Crippen LogP contribution in [-0.4, -0.2) is 19.6 Å². The van der Waals surface area contributed by atoms with Gasteiger partial charge in [0.1, 0.15) is 0 Å². The fourth-order valence-corrected chi connectivity index (χ4v) is 1.48. The van der Waals surface area contributed by atoms with Gasteiger partial charge < -0.3 is 0 Å². The Balaban J connectivity index is 2.90. The zero-order chi connectivity index (χ0) is 7.84. The van der Waals surface area contributed by atoms with E-state index in [4.69, 9.17) is 0 Å². The molecule has 6 heteroatoms. The topological polar surface area (TPSA) is 43.1 Å². The number of hydrogen-bond acceptors (Lipinski definition) is 3. The van der Waals surface area contributed by atoms with Gasteiger partial charge in [-0.05, 0) is 31.9 Å². The van der Waals surface area contributed by atoms with Crippen LogP contribution in [0.4, 0.5) is 0 Å². The molecule has 0 fully saturated rings. The standard InChI is InChI=1S/C5H2Br2N4/c6-4-9-3-1-2-8-5(7)11(3)10-4/h1-2H. The summed E-state index contributed by atoms with van der Waals surface area (Å²) >= 11 is 6.41. The molecular formula is C5H2Br2N4. The Morgan fingerprint density at radius 2 is 2.18 bits per heavy atom. The van der Waals surface area contributed by atoms with Crippen molar-refractivity contribution in [1.82, 2.24) is 19.6 Å². The Morgan fingerprint density at radius 1 is 1.36 bits per heavy atom. The van der Waals surface area contributed by atoms with Gasteiger partial charge in [0.25, 0.3) is 0 Å². The van der Waals surface area contributed by atoms with Crippen molar-refractivity contribution in [2.24, 2.45) is 0 Å². The molecule has 0 aromatic carbocycles. The summed E-state index contributed by atoms with van der Waals surface area (Å²) in [5, 5.41) is 4.03. The zero-order valence-corrected chi connectivity index (χ0v) is 8.37. The molecule has 0 spiro atoms. The van der Waals surface area contributed by atoms with Crippen molar-refractivity contribution in [2.75, 3.05) is 0 Å². The summed E-state index contributed by atoms with van der Waals surface area (Å²) in [4.78, 5) is 8.05. The maximum absolute atomic E-state index is 4.07. The van der Waals surface area contributed by atoms with Crippen LogP contribution >= 0.6 is 31.9 Å². The van der Waals surface area contributed by atoms with Crippen molar-refractivity contribution in [3.8, 4) is 0 Å². The second-order valence-electron chi connectivity index (χ2n) is 1.86. The Bertz CT molecular complexity index is 396. The molecule has 0 N–H and O–H groups in total. The minimum Gasteiger partial charge on any atom is -0.231 e. The molecule has 0 aliphatic carbocycles. The van der Waals surface area contributed by atoms with Crippen LogP contribution in [0.25, 0.3) is 5.65 Å². The van der Waals surface area contributed by atoms with Crippen LogP contribution in [0, 0.1) is 0 Å². The number of fused-ring (bicyclic) bond motifs is 1. The lowest BCUT2D eigenvalue weighted by Crippen LogP contribution is -1.91. The number of halogens is 2. The molecule has 0 atom stereocenters. The van der Waals surface area contributed by atoms with Gasteiger partial charge in [0, 0.05) is 12.3 Å². The third-order valence-corrected chi connectivity index (χ3v) is 2.06. The Kier molecular flexibility index (Phi) is 1.65. The fraction of sp³-hybridized carbons (Fsp3) is 0. The third kappa shape index (κ3) is 1.16. The zero-order valence-electron chi connectivity index (χ0n) is 5.20. The van der Waals surface area contributed by atoms with E-state index in [-0.39, 0.29) is 0 Å². The van der Waals surface area contributed by atoms with Gasteiger partial charge in [0.2, 0.25) is 4.73 Å². The van der Waals surface area contributed by atoms with E-state index in [0.717, 1.165) is 5.65 Å². The van der Waals surface area contributed by atoms with Gasteiger partial charge in [-0.2, -0.15) is 4.52 Å². The van der Waals surface area contributed by atoms with E-state index in [9.17, 15) is 0 Å². The van der Waals surface area contributed by atoms with Crippen molar-refractivity contribution in [3.05, 3.63) is 21.7 Å². The van der Waals surface area contributed by atoms with Crippen LogP contribution in [0.2, 0.25) is 0 Å². The lowest BCUT2D eigenvalue weighted by Gasteiger charge is -1.90. The number of nitrogens with zero attached hydrogens (tertiary/aromatic N) is 4. The van der Waals surface area contributed by atoms with Crippen LogP contribution in [0.15, 0.2) is 21.7 Å². The lowest BCUT2D eigenvalue weighted by atomic mass is 10.6. The first-order valence-electron chi connectivity index (χ1n) is 2.80. The van der Waals surface area contributed by atoms with Crippen molar-refractivity contribution < 1.29 is 0 Å². The first-order chi connectivity index (χ1) is 5.27. The maximum atomic E-state index is 4.07. The first kappa shape index (κ1) is 7.17. The average molecular weight is 278 g/mol. The van der Waals surface area contributed by atoms with Crippen LogP contribution in [0.1, 0.15) is 0 Å². The predicted molar refractivity (Wildman–Crippen MR) is 46.2 cm³/mol. The second-order valence-corrected chi connectivity index (χ2v) is 3.28. The summed E-state index contributed by atoms with van der Waals surface area (Å²) in [6, 6.07) is 1.78. The van der Waals surface area contributed by atoms with Crippen LogP contribution in [0.3, 0.4) is 0 Å². The van der Waals surface area contributed by atoms with Crippen molar-refractivity contribution >= 4 is 37.5 Å². The molecule has 2 aromatic heterocycles. The SMILES string of the molecule is Brc1nc2ccnc(Br)n2n1. The first-order valence-corrected chi connectivity index (χ1v) is 4.39. The minimum atomic E-state index is 0.561. The van der Waals surface area contributed by atoms with Crippen LogP contribution in [-0.2, 0) is 0 Å². The summed E-state index contributed by atoms with van der Waals surface area (Å²) in [7, 11) is 0. The molecule has 0 aliphatic rings. The largest absolute Gasteiger partial charge is 0.231 e. The van der Waals surface area contributed by atoms with Crippen molar-refractivity contribution in [1.29, 1.82) is 0 Å². The van der Waals surface area contributed by atoms with E-state index < -0.39 is 0 Å². The fourth-order valence-electron chi connectivity index (χ4n) is 0.762. The van der Waals surface area contributed by atoms with Crippen LogP contribution < -0.4 is 0 Å². The molecular weight excluding hydrogens is 276 g/mol. The smallest absolute Gasteiger partial charge is 0.218 e. The normalized spacial score (nSPS) is 10.7. The molecule has 0 bridgehead atoms. The molecule has 0 amide bonds. The predicted octanol–water partition coefficient (Wildman–Crippen LogP) is 1.65. The van der Waals surface area contributed by atoms with Gasteiger partial charge in [-0.15, -0.1) is 5.10 Å². The van der Waals surface area contributed by atoms with Gasteiger partial charge in [0.05, 0.1) is 0 Å². The molecule has 0 radical (unpaired) electrons. The lowest BCUT2D eigenvalue weighted by molar-refractivity contribution is 0.878. The number of hydrogen-bond donors (Lipinski definition) is 0. The summed E-state index contributed by atoms with van der Waals surface area (Å²) in [5.74, 6) is 0. The highest BCUT2D eigenvalue weighted by Gasteiger charge is 2.02. The highest BCUT2D eigenvalue weighted by Crippen LogP contribution is 2.10. The Labute approximate surface area is 78.9 Å². The molecule has 4 nitrogen and oxygen atoms in total. The molecule has 0 unspecified atom stereocenters. The van der Waals surface area contributed by atoms with E-state index in [0.29, 0.717) is 9.47 Å². The summed E-state index contributed by atoms with van der Waals surface area (Å²) in [6.45, 7) is 0. The minimum absolute atomic E-state index is 0.561. The van der Waals surface area contributed by atoms with Crippen molar-refractivity contribution in [3.63, 3.8) is 0 Å². The van der Waals surface area contributed by atoms with E-state index in [1.807, 2.05) is 0 Å². The molecule has 0 saturated carbocycles. The molecule has 0 saturated heterocycles. The highest BCUT2D eigenvalue weighted by molar-refractivity contribution is 9.10. The number of aromatic nitrogens is 4. The maximum Gasteiger partial charge on any atom is 0.218 e. The highest BCUT2D eigenvalue weighted by atomic mass is 79.9. The Hall–Kier alpha value is -0.490. The molecule has 2 aromatic rings. The Morgan fingerprint density at radius 3 is 2.91 bits per heavy atom. The molecule has 11 heavy (non-hydrogen) atoms. The molecule has 0 aliphatic heterocycles. The van der Waals surface area contributed by atoms with E-state index in [1.165, 1.54) is 0 Å². The molecule has 2 heterocycles. The van der Waals surface area contributed by atoms with E-state index in [2.05, 4.69) is 46.9 Å². The summed E-state index contributed by atoms with van der Waals surface area (Å²) in [6.07, 6.45) is 1.67. The summed E-state index contributed by atoms with van der Waals surface area (Å²) < 4.78 is 2.81. The quantitative estimate of drug-likeness (QED) is 0.688. The monoisotopic (exact) mass is 276 g/mol. The van der Waals surface area contributed by atoms with Crippen LogP contribution in [0.5, 0.6) is 0 Å². The van der Waals surface area contributed by atoms with Gasteiger partial charge in [-0.25, -0.2) is 9.97 Å².